The summed E-state index contributed by atoms with van der Waals surface area (Å²) in [5.74, 6) is 0.175. The molecule has 0 aromatic carbocycles. The molecule has 9 heteroatoms. The number of hydrogen-bond acceptors (Lipinski definition) is 5. The van der Waals surface area contributed by atoms with Crippen molar-refractivity contribution in [2.24, 2.45) is 0 Å². The van der Waals surface area contributed by atoms with Gasteiger partial charge in [-0.25, -0.2) is 4.98 Å². The molecule has 0 spiro atoms. The van der Waals surface area contributed by atoms with E-state index in [0.29, 0.717) is 30.9 Å². The minimum Gasteiger partial charge on any atom is -0.493 e. The van der Waals surface area contributed by atoms with E-state index in [1.54, 1.807) is 17.0 Å². The molecule has 1 saturated heterocycles. The van der Waals surface area contributed by atoms with Gasteiger partial charge in [-0.3, -0.25) is 9.78 Å². The third-order valence-corrected chi connectivity index (χ3v) is 4.15. The van der Waals surface area contributed by atoms with Gasteiger partial charge in [-0.05, 0) is 24.6 Å². The normalized spacial score (nSPS) is 17.2. The Hall–Kier alpha value is -2.84. The van der Waals surface area contributed by atoms with E-state index in [1.165, 1.54) is 19.5 Å². The minimum atomic E-state index is -4.48. The van der Waals surface area contributed by atoms with E-state index in [4.69, 9.17) is 4.74 Å². The first-order valence-corrected chi connectivity index (χ1v) is 7.95. The first-order chi connectivity index (χ1) is 12.4. The highest BCUT2D eigenvalue weighted by atomic mass is 19.4. The van der Waals surface area contributed by atoms with Gasteiger partial charge in [0.15, 0.2) is 11.6 Å². The first kappa shape index (κ1) is 18.0. The quantitative estimate of drug-likeness (QED) is 0.901. The standard InChI is InChI=1S/C17H17F3N4O2/c1-26-14-8-12(17(18,19)20)9-22-15(14)24-7-4-13(10-24)23-16(25)11-2-5-21-6-3-11/h2-3,5-6,8-9,13H,4,7,10H2,1H3,(H,23,25). The predicted octanol–water partition coefficient (Wildman–Crippen LogP) is 2.51. The molecule has 26 heavy (non-hydrogen) atoms. The second-order valence-electron chi connectivity index (χ2n) is 5.89. The summed E-state index contributed by atoms with van der Waals surface area (Å²) in [6.45, 7) is 0.988. The molecule has 138 valence electrons. The van der Waals surface area contributed by atoms with E-state index in [-0.39, 0.29) is 17.7 Å². The first-order valence-electron chi connectivity index (χ1n) is 7.95. The van der Waals surface area contributed by atoms with E-state index in [0.717, 1.165) is 12.3 Å². The van der Waals surface area contributed by atoms with Crippen LogP contribution in [0.1, 0.15) is 22.3 Å². The molecular weight excluding hydrogens is 349 g/mol. The lowest BCUT2D eigenvalue weighted by atomic mass is 10.2. The van der Waals surface area contributed by atoms with Gasteiger partial charge in [0.05, 0.1) is 12.7 Å². The van der Waals surface area contributed by atoms with Crippen LogP contribution in [0.4, 0.5) is 19.0 Å². The van der Waals surface area contributed by atoms with E-state index >= 15 is 0 Å². The summed E-state index contributed by atoms with van der Waals surface area (Å²) in [6, 6.07) is 4.03. The molecule has 1 aliphatic rings. The Morgan fingerprint density at radius 3 is 2.73 bits per heavy atom. The van der Waals surface area contributed by atoms with Crippen LogP contribution in [-0.2, 0) is 6.18 Å². The second kappa shape index (κ2) is 7.19. The molecule has 0 saturated carbocycles. The number of carbonyl (C=O) groups is 1. The van der Waals surface area contributed by atoms with Crippen LogP contribution >= 0.6 is 0 Å². The van der Waals surface area contributed by atoms with Gasteiger partial charge in [-0.2, -0.15) is 13.2 Å². The van der Waals surface area contributed by atoms with Crippen LogP contribution in [0.2, 0.25) is 0 Å². The Morgan fingerprint density at radius 2 is 2.08 bits per heavy atom. The molecular formula is C17H17F3N4O2. The van der Waals surface area contributed by atoms with Gasteiger partial charge >= 0.3 is 6.18 Å². The van der Waals surface area contributed by atoms with Gasteiger partial charge in [-0.1, -0.05) is 0 Å². The monoisotopic (exact) mass is 366 g/mol. The van der Waals surface area contributed by atoms with Gasteiger partial charge in [-0.15, -0.1) is 0 Å². The van der Waals surface area contributed by atoms with Crippen LogP contribution in [-0.4, -0.2) is 42.1 Å². The van der Waals surface area contributed by atoms with Gasteiger partial charge in [0.25, 0.3) is 5.91 Å². The lowest BCUT2D eigenvalue weighted by Crippen LogP contribution is -2.37. The van der Waals surface area contributed by atoms with Gasteiger partial charge < -0.3 is 15.0 Å². The van der Waals surface area contributed by atoms with Crippen LogP contribution in [0, 0.1) is 0 Å². The number of carbonyl (C=O) groups excluding carboxylic acids is 1. The van der Waals surface area contributed by atoms with Crippen LogP contribution in [0.5, 0.6) is 5.75 Å². The van der Waals surface area contributed by atoms with Gasteiger partial charge in [0, 0.05) is 43.3 Å². The molecule has 2 aromatic rings. The van der Waals surface area contributed by atoms with Crippen LogP contribution in [0.25, 0.3) is 0 Å². The van der Waals surface area contributed by atoms with Crippen molar-refractivity contribution in [1.29, 1.82) is 0 Å². The number of rotatable bonds is 4. The highest BCUT2D eigenvalue weighted by Crippen LogP contribution is 2.35. The Bertz CT molecular complexity index is 783. The highest BCUT2D eigenvalue weighted by Gasteiger charge is 2.33. The second-order valence-corrected chi connectivity index (χ2v) is 5.89. The van der Waals surface area contributed by atoms with Gasteiger partial charge in [0.2, 0.25) is 0 Å². The third-order valence-electron chi connectivity index (χ3n) is 4.15. The number of hydrogen-bond donors (Lipinski definition) is 1. The number of pyridine rings is 2. The van der Waals surface area contributed by atoms with E-state index in [9.17, 15) is 18.0 Å². The fourth-order valence-corrected chi connectivity index (χ4v) is 2.82. The molecule has 2 aromatic heterocycles. The van der Waals surface area contributed by atoms with Crippen molar-refractivity contribution in [2.75, 3.05) is 25.1 Å². The van der Waals surface area contributed by atoms with Crippen molar-refractivity contribution >= 4 is 11.7 Å². The molecule has 1 fully saturated rings. The number of methoxy groups -OCH3 is 1. The summed E-state index contributed by atoms with van der Waals surface area (Å²) in [6.07, 6.45) is 0.0357. The van der Waals surface area contributed by atoms with Crippen molar-refractivity contribution in [3.8, 4) is 5.75 Å². The number of ether oxygens (including phenoxy) is 1. The number of nitrogens with one attached hydrogen (secondary N) is 1. The molecule has 0 aliphatic carbocycles. The Morgan fingerprint density at radius 1 is 1.35 bits per heavy atom. The Balaban J connectivity index is 1.70. The number of alkyl halides is 3. The predicted molar refractivity (Wildman–Crippen MR) is 88.1 cm³/mol. The molecule has 3 rings (SSSR count). The van der Waals surface area contributed by atoms with Crippen LogP contribution in [0.3, 0.4) is 0 Å². The number of anilines is 1. The van der Waals surface area contributed by atoms with Crippen molar-refractivity contribution in [1.82, 2.24) is 15.3 Å². The lowest BCUT2D eigenvalue weighted by Gasteiger charge is -2.21. The molecule has 1 aliphatic heterocycles. The molecule has 0 bridgehead atoms. The largest absolute Gasteiger partial charge is 0.493 e. The molecule has 6 nitrogen and oxygen atoms in total. The maximum Gasteiger partial charge on any atom is 0.418 e. The molecule has 0 radical (unpaired) electrons. The zero-order valence-corrected chi connectivity index (χ0v) is 14.0. The number of halogens is 3. The maximum atomic E-state index is 12.8. The fraction of sp³-hybridized carbons (Fsp3) is 0.353. The summed E-state index contributed by atoms with van der Waals surface area (Å²) in [5.41, 5.74) is -0.358. The van der Waals surface area contributed by atoms with Crippen molar-refractivity contribution < 1.29 is 22.7 Å². The Labute approximate surface area is 148 Å². The summed E-state index contributed by atoms with van der Waals surface area (Å²) in [4.78, 5) is 21.8. The molecule has 1 atom stereocenters. The van der Waals surface area contributed by atoms with Gasteiger partial charge in [0.1, 0.15) is 0 Å². The summed E-state index contributed by atoms with van der Waals surface area (Å²) in [7, 11) is 1.30. The fourth-order valence-electron chi connectivity index (χ4n) is 2.82. The smallest absolute Gasteiger partial charge is 0.418 e. The summed E-state index contributed by atoms with van der Waals surface area (Å²) >= 11 is 0. The van der Waals surface area contributed by atoms with Crippen molar-refractivity contribution in [3.05, 3.63) is 47.9 Å². The molecule has 1 amide bonds. The third kappa shape index (κ3) is 3.87. The number of nitrogens with zero attached hydrogens (tertiary/aromatic N) is 3. The highest BCUT2D eigenvalue weighted by molar-refractivity contribution is 5.94. The average molecular weight is 366 g/mol. The zero-order chi connectivity index (χ0) is 18.7. The molecule has 3 heterocycles. The molecule has 1 N–H and O–H groups in total. The minimum absolute atomic E-state index is 0.0564. The Kier molecular flexibility index (Phi) is 4.97. The molecule has 1 unspecified atom stereocenters. The van der Waals surface area contributed by atoms with Crippen LogP contribution < -0.4 is 15.0 Å². The van der Waals surface area contributed by atoms with E-state index in [2.05, 4.69) is 15.3 Å². The SMILES string of the molecule is COc1cc(C(F)(F)F)cnc1N1CCC(NC(=O)c2ccncc2)C1. The maximum absolute atomic E-state index is 12.8. The van der Waals surface area contributed by atoms with Crippen molar-refractivity contribution in [3.63, 3.8) is 0 Å². The lowest BCUT2D eigenvalue weighted by molar-refractivity contribution is -0.137. The van der Waals surface area contributed by atoms with Crippen LogP contribution in [0.15, 0.2) is 36.8 Å². The zero-order valence-electron chi connectivity index (χ0n) is 14.0. The van der Waals surface area contributed by atoms with E-state index < -0.39 is 11.7 Å². The summed E-state index contributed by atoms with van der Waals surface area (Å²) in [5, 5.41) is 2.91. The average Bonchev–Trinajstić information content (AvgIpc) is 3.09. The summed E-state index contributed by atoms with van der Waals surface area (Å²) < 4.78 is 43.5. The van der Waals surface area contributed by atoms with Crippen molar-refractivity contribution in [2.45, 2.75) is 18.6 Å². The number of aromatic nitrogens is 2. The topological polar surface area (TPSA) is 67.3 Å². The number of amides is 1. The van der Waals surface area contributed by atoms with E-state index in [1.807, 2.05) is 0 Å².